The maximum absolute atomic E-state index is 12.7. The van der Waals surface area contributed by atoms with Crippen molar-refractivity contribution in [2.24, 2.45) is 0 Å². The van der Waals surface area contributed by atoms with Crippen LogP contribution in [0.4, 0.5) is 18.9 Å². The van der Waals surface area contributed by atoms with Crippen molar-refractivity contribution in [3.8, 4) is 0 Å². The van der Waals surface area contributed by atoms with Gasteiger partial charge in [0.25, 0.3) is 0 Å². The molecular weight excluding hydrogens is 241 g/mol. The highest BCUT2D eigenvalue weighted by molar-refractivity contribution is 5.61. The Morgan fingerprint density at radius 2 is 2.06 bits per heavy atom. The van der Waals surface area contributed by atoms with Gasteiger partial charge in [0, 0.05) is 31.2 Å². The SMILES string of the molecule is CNC(C)C1CN(C)c2ccc(C(F)(F)F)cc21. The van der Waals surface area contributed by atoms with E-state index in [4.69, 9.17) is 0 Å². The zero-order valence-corrected chi connectivity index (χ0v) is 10.7. The largest absolute Gasteiger partial charge is 0.416 e. The first kappa shape index (κ1) is 13.2. The third-order valence-corrected chi connectivity index (χ3v) is 3.70. The van der Waals surface area contributed by atoms with Crippen LogP contribution in [0, 0.1) is 0 Å². The maximum atomic E-state index is 12.7. The van der Waals surface area contributed by atoms with Crippen molar-refractivity contribution < 1.29 is 13.2 Å². The highest BCUT2D eigenvalue weighted by Gasteiger charge is 2.35. The summed E-state index contributed by atoms with van der Waals surface area (Å²) < 4.78 is 38.2. The molecule has 100 valence electrons. The Balaban J connectivity index is 2.44. The summed E-state index contributed by atoms with van der Waals surface area (Å²) >= 11 is 0. The van der Waals surface area contributed by atoms with Gasteiger partial charge in [0.15, 0.2) is 0 Å². The molecule has 1 aromatic rings. The Morgan fingerprint density at radius 3 is 2.61 bits per heavy atom. The maximum Gasteiger partial charge on any atom is 0.416 e. The van der Waals surface area contributed by atoms with Crippen LogP contribution < -0.4 is 10.2 Å². The Morgan fingerprint density at radius 1 is 1.39 bits per heavy atom. The van der Waals surface area contributed by atoms with Gasteiger partial charge < -0.3 is 10.2 Å². The highest BCUT2D eigenvalue weighted by Crippen LogP contribution is 2.40. The third kappa shape index (κ3) is 2.19. The minimum Gasteiger partial charge on any atom is -0.374 e. The van der Waals surface area contributed by atoms with E-state index < -0.39 is 11.7 Å². The molecule has 2 nitrogen and oxygen atoms in total. The zero-order chi connectivity index (χ0) is 13.5. The molecule has 2 unspecified atom stereocenters. The van der Waals surface area contributed by atoms with Gasteiger partial charge in [-0.3, -0.25) is 0 Å². The Hall–Kier alpha value is -1.23. The van der Waals surface area contributed by atoms with Gasteiger partial charge in [0.2, 0.25) is 0 Å². The molecule has 0 saturated heterocycles. The lowest BCUT2D eigenvalue weighted by molar-refractivity contribution is -0.137. The van der Waals surface area contributed by atoms with E-state index in [-0.39, 0.29) is 12.0 Å². The lowest BCUT2D eigenvalue weighted by atomic mass is 9.93. The molecule has 0 saturated carbocycles. The minimum atomic E-state index is -4.27. The van der Waals surface area contributed by atoms with Crippen LogP contribution in [-0.2, 0) is 6.18 Å². The van der Waals surface area contributed by atoms with Crippen molar-refractivity contribution in [3.05, 3.63) is 29.3 Å². The first-order valence-electron chi connectivity index (χ1n) is 5.94. The van der Waals surface area contributed by atoms with E-state index in [0.717, 1.165) is 23.9 Å². The number of halogens is 3. The average Bonchev–Trinajstić information content (AvgIpc) is 2.64. The number of anilines is 1. The summed E-state index contributed by atoms with van der Waals surface area (Å²) in [5, 5.41) is 3.12. The second-order valence-electron chi connectivity index (χ2n) is 4.84. The Bertz CT molecular complexity index is 442. The number of fused-ring (bicyclic) bond motifs is 1. The Labute approximate surface area is 105 Å². The van der Waals surface area contributed by atoms with Crippen molar-refractivity contribution in [2.75, 3.05) is 25.5 Å². The zero-order valence-electron chi connectivity index (χ0n) is 10.7. The number of nitrogens with one attached hydrogen (secondary N) is 1. The molecule has 0 spiro atoms. The first-order chi connectivity index (χ1) is 8.34. The summed E-state index contributed by atoms with van der Waals surface area (Å²) in [7, 11) is 3.74. The lowest BCUT2D eigenvalue weighted by Crippen LogP contribution is -2.31. The molecular formula is C13H17F3N2. The van der Waals surface area contributed by atoms with Gasteiger partial charge in [-0.05, 0) is 37.7 Å². The Kier molecular flexibility index (Phi) is 3.27. The number of hydrogen-bond acceptors (Lipinski definition) is 2. The van der Waals surface area contributed by atoms with Crippen LogP contribution in [0.3, 0.4) is 0 Å². The molecule has 0 aliphatic carbocycles. The average molecular weight is 258 g/mol. The number of nitrogens with zero attached hydrogens (tertiary/aromatic N) is 1. The molecule has 2 rings (SSSR count). The topological polar surface area (TPSA) is 15.3 Å². The predicted octanol–water partition coefficient (Wildman–Crippen LogP) is 2.85. The summed E-state index contributed by atoms with van der Waals surface area (Å²) in [6.45, 7) is 2.74. The number of benzene rings is 1. The molecule has 1 aliphatic rings. The van der Waals surface area contributed by atoms with E-state index in [1.165, 1.54) is 6.07 Å². The monoisotopic (exact) mass is 258 g/mol. The van der Waals surface area contributed by atoms with Crippen molar-refractivity contribution in [1.82, 2.24) is 5.32 Å². The molecule has 2 atom stereocenters. The fourth-order valence-corrected chi connectivity index (χ4v) is 2.50. The summed E-state index contributed by atoms with van der Waals surface area (Å²) in [5.74, 6) is 0.0947. The van der Waals surface area contributed by atoms with Crippen LogP contribution in [0.5, 0.6) is 0 Å². The number of hydrogen-bond donors (Lipinski definition) is 1. The number of likely N-dealkylation sites (N-methyl/N-ethyl adjacent to an activating group) is 2. The molecule has 1 N–H and O–H groups in total. The fourth-order valence-electron chi connectivity index (χ4n) is 2.50. The third-order valence-electron chi connectivity index (χ3n) is 3.70. The van der Waals surface area contributed by atoms with Gasteiger partial charge in [0.1, 0.15) is 0 Å². The van der Waals surface area contributed by atoms with Crippen LogP contribution in [0.1, 0.15) is 24.0 Å². The molecule has 1 aliphatic heterocycles. The van der Waals surface area contributed by atoms with Crippen molar-refractivity contribution in [1.29, 1.82) is 0 Å². The second kappa shape index (κ2) is 4.46. The quantitative estimate of drug-likeness (QED) is 0.877. The van der Waals surface area contributed by atoms with Crippen molar-refractivity contribution in [2.45, 2.75) is 25.1 Å². The highest BCUT2D eigenvalue weighted by atomic mass is 19.4. The fraction of sp³-hybridized carbons (Fsp3) is 0.538. The normalized spacial score (nSPS) is 21.0. The van der Waals surface area contributed by atoms with Crippen molar-refractivity contribution >= 4 is 5.69 Å². The summed E-state index contributed by atoms with van der Waals surface area (Å²) in [5.41, 5.74) is 1.12. The molecule has 0 amide bonds. The summed E-state index contributed by atoms with van der Waals surface area (Å²) in [6.07, 6.45) is -4.27. The smallest absolute Gasteiger partial charge is 0.374 e. The molecule has 5 heteroatoms. The second-order valence-corrected chi connectivity index (χ2v) is 4.84. The van der Waals surface area contributed by atoms with Crippen LogP contribution in [0.15, 0.2) is 18.2 Å². The van der Waals surface area contributed by atoms with Crippen LogP contribution in [-0.4, -0.2) is 26.7 Å². The molecule has 1 aromatic carbocycles. The van der Waals surface area contributed by atoms with Gasteiger partial charge >= 0.3 is 6.18 Å². The molecule has 18 heavy (non-hydrogen) atoms. The molecule has 1 heterocycles. The summed E-state index contributed by atoms with van der Waals surface area (Å²) in [4.78, 5) is 2.01. The van der Waals surface area contributed by atoms with E-state index in [1.807, 2.05) is 25.9 Å². The molecule has 0 fully saturated rings. The number of alkyl halides is 3. The molecule has 0 bridgehead atoms. The van der Waals surface area contributed by atoms with E-state index in [1.54, 1.807) is 6.07 Å². The van der Waals surface area contributed by atoms with E-state index >= 15 is 0 Å². The van der Waals surface area contributed by atoms with Crippen LogP contribution in [0.2, 0.25) is 0 Å². The van der Waals surface area contributed by atoms with Gasteiger partial charge in [-0.25, -0.2) is 0 Å². The summed E-state index contributed by atoms with van der Waals surface area (Å²) in [6, 6.07) is 4.16. The molecule has 0 aromatic heterocycles. The van der Waals surface area contributed by atoms with E-state index in [0.29, 0.717) is 0 Å². The van der Waals surface area contributed by atoms with Crippen molar-refractivity contribution in [3.63, 3.8) is 0 Å². The lowest BCUT2D eigenvalue weighted by Gasteiger charge is -2.19. The number of rotatable bonds is 2. The van der Waals surface area contributed by atoms with Crippen LogP contribution in [0.25, 0.3) is 0 Å². The standard InChI is InChI=1S/C13H17F3N2/c1-8(17-2)11-7-18(3)12-5-4-9(6-10(11)12)13(14,15)16/h4-6,8,11,17H,7H2,1-3H3. The van der Waals surface area contributed by atoms with Crippen LogP contribution >= 0.6 is 0 Å². The van der Waals surface area contributed by atoms with Gasteiger partial charge in [0.05, 0.1) is 5.56 Å². The van der Waals surface area contributed by atoms with Gasteiger partial charge in [-0.2, -0.15) is 13.2 Å². The van der Waals surface area contributed by atoms with Gasteiger partial charge in [-0.1, -0.05) is 0 Å². The molecule has 0 radical (unpaired) electrons. The van der Waals surface area contributed by atoms with E-state index in [9.17, 15) is 13.2 Å². The minimum absolute atomic E-state index is 0.0947. The predicted molar refractivity (Wildman–Crippen MR) is 66.0 cm³/mol. The van der Waals surface area contributed by atoms with Gasteiger partial charge in [-0.15, -0.1) is 0 Å². The van der Waals surface area contributed by atoms with E-state index in [2.05, 4.69) is 5.32 Å². The first-order valence-corrected chi connectivity index (χ1v) is 5.94.